The van der Waals surface area contributed by atoms with Gasteiger partial charge in [-0.15, -0.1) is 0 Å². The molecule has 0 spiro atoms. The summed E-state index contributed by atoms with van der Waals surface area (Å²) in [6, 6.07) is 4.68. The van der Waals surface area contributed by atoms with Gasteiger partial charge in [0, 0.05) is 12.6 Å². The van der Waals surface area contributed by atoms with Crippen molar-refractivity contribution in [1.82, 2.24) is 9.55 Å². The van der Waals surface area contributed by atoms with E-state index in [1.807, 2.05) is 6.92 Å². The Morgan fingerprint density at radius 1 is 1.56 bits per heavy atom. The molecule has 0 aliphatic heterocycles. The molecule has 1 aromatic heterocycles. The third-order valence-electron chi connectivity index (χ3n) is 2.32. The van der Waals surface area contributed by atoms with Gasteiger partial charge in [-0.25, -0.2) is 4.98 Å². The highest BCUT2D eigenvalue weighted by Crippen LogP contribution is 2.18. The number of aromatic nitrogens is 2. The molecular weight excluding hydrogens is 206 g/mol. The van der Waals surface area contributed by atoms with Crippen molar-refractivity contribution in [3.63, 3.8) is 0 Å². The largest absolute Gasteiger partial charge is 0.507 e. The highest BCUT2D eigenvalue weighted by Gasteiger charge is 2.08. The lowest BCUT2D eigenvalue weighted by atomic mass is 10.2. The van der Waals surface area contributed by atoms with Crippen LogP contribution in [0.4, 0.5) is 0 Å². The van der Waals surface area contributed by atoms with Crippen molar-refractivity contribution in [3.8, 4) is 5.75 Å². The van der Waals surface area contributed by atoms with Crippen molar-refractivity contribution in [2.75, 3.05) is 0 Å². The van der Waals surface area contributed by atoms with E-state index in [1.54, 1.807) is 12.1 Å². The van der Waals surface area contributed by atoms with E-state index in [0.717, 1.165) is 0 Å². The molecule has 0 radical (unpaired) electrons. The Morgan fingerprint density at radius 3 is 3.00 bits per heavy atom. The maximum Gasteiger partial charge on any atom is 0.265 e. The molecule has 1 unspecified atom stereocenters. The van der Waals surface area contributed by atoms with Gasteiger partial charge in [0.1, 0.15) is 11.1 Å². The van der Waals surface area contributed by atoms with Crippen molar-refractivity contribution in [2.45, 2.75) is 19.5 Å². The average molecular weight is 219 g/mol. The first-order valence-corrected chi connectivity index (χ1v) is 5.02. The van der Waals surface area contributed by atoms with Gasteiger partial charge in [-0.2, -0.15) is 0 Å². The van der Waals surface area contributed by atoms with Gasteiger partial charge in [-0.05, 0) is 19.1 Å². The maximum atomic E-state index is 12.0. The first-order valence-electron chi connectivity index (χ1n) is 5.02. The molecule has 2 aromatic rings. The van der Waals surface area contributed by atoms with E-state index in [-0.39, 0.29) is 22.7 Å². The van der Waals surface area contributed by atoms with Crippen LogP contribution in [0.15, 0.2) is 29.3 Å². The number of hydrogen-bond acceptors (Lipinski definition) is 4. The molecule has 0 fully saturated rings. The SMILES string of the molecule is CC(N)Cn1cnc2cccc(O)c2c1=O. The van der Waals surface area contributed by atoms with Crippen molar-refractivity contribution in [3.05, 3.63) is 34.9 Å². The van der Waals surface area contributed by atoms with E-state index in [4.69, 9.17) is 5.73 Å². The number of nitrogens with two attached hydrogens (primary N) is 1. The molecule has 16 heavy (non-hydrogen) atoms. The van der Waals surface area contributed by atoms with Crippen LogP contribution in [0, 0.1) is 0 Å². The first-order chi connectivity index (χ1) is 7.59. The molecule has 3 N–H and O–H groups in total. The predicted octanol–water partition coefficient (Wildman–Crippen LogP) is 0.449. The second-order valence-electron chi connectivity index (χ2n) is 3.85. The van der Waals surface area contributed by atoms with Gasteiger partial charge < -0.3 is 10.8 Å². The number of phenolic OH excluding ortho intramolecular Hbond substituents is 1. The standard InChI is InChI=1S/C11H13N3O2/c1-7(12)5-14-6-13-8-3-2-4-9(15)10(8)11(14)16/h2-4,6-7,15H,5,12H2,1H3. The molecule has 5 nitrogen and oxygen atoms in total. The van der Waals surface area contributed by atoms with Gasteiger partial charge in [0.05, 0.1) is 11.8 Å². The monoisotopic (exact) mass is 219 g/mol. The van der Waals surface area contributed by atoms with Crippen molar-refractivity contribution in [1.29, 1.82) is 0 Å². The summed E-state index contributed by atoms with van der Waals surface area (Å²) in [4.78, 5) is 16.1. The number of nitrogens with zero attached hydrogens (tertiary/aromatic N) is 2. The third-order valence-corrected chi connectivity index (χ3v) is 2.32. The second kappa shape index (κ2) is 3.94. The Bertz CT molecular complexity index is 575. The Labute approximate surface area is 92.2 Å². The summed E-state index contributed by atoms with van der Waals surface area (Å²) in [5.74, 6) is -0.0472. The van der Waals surface area contributed by atoms with Gasteiger partial charge in [-0.1, -0.05) is 6.07 Å². The van der Waals surface area contributed by atoms with Crippen molar-refractivity contribution >= 4 is 10.9 Å². The average Bonchev–Trinajstić information content (AvgIpc) is 2.22. The molecule has 0 bridgehead atoms. The summed E-state index contributed by atoms with van der Waals surface area (Å²) in [5.41, 5.74) is 5.85. The Kier molecular flexibility index (Phi) is 2.62. The third kappa shape index (κ3) is 1.77. The zero-order chi connectivity index (χ0) is 11.7. The molecule has 1 atom stereocenters. The molecule has 84 valence electrons. The topological polar surface area (TPSA) is 81.1 Å². The van der Waals surface area contributed by atoms with Gasteiger partial charge in [0.2, 0.25) is 0 Å². The number of hydrogen-bond donors (Lipinski definition) is 2. The summed E-state index contributed by atoms with van der Waals surface area (Å²) in [7, 11) is 0. The molecule has 2 rings (SSSR count). The summed E-state index contributed by atoms with van der Waals surface area (Å²) in [6.07, 6.45) is 1.45. The van der Waals surface area contributed by atoms with Crippen LogP contribution in [-0.2, 0) is 6.54 Å². The van der Waals surface area contributed by atoms with E-state index in [1.165, 1.54) is 17.0 Å². The van der Waals surface area contributed by atoms with Crippen LogP contribution in [0.1, 0.15) is 6.92 Å². The minimum absolute atomic E-state index is 0.0472. The number of benzene rings is 1. The molecule has 1 aromatic carbocycles. The molecule has 0 saturated carbocycles. The fraction of sp³-hybridized carbons (Fsp3) is 0.273. The number of phenols is 1. The normalized spacial score (nSPS) is 12.9. The van der Waals surface area contributed by atoms with Crippen LogP contribution in [0.25, 0.3) is 10.9 Å². The summed E-state index contributed by atoms with van der Waals surface area (Å²) in [6.45, 7) is 2.19. The van der Waals surface area contributed by atoms with E-state index < -0.39 is 0 Å². The second-order valence-corrected chi connectivity index (χ2v) is 3.85. The smallest absolute Gasteiger partial charge is 0.265 e. The summed E-state index contributed by atoms with van der Waals surface area (Å²) >= 11 is 0. The highest BCUT2D eigenvalue weighted by atomic mass is 16.3. The van der Waals surface area contributed by atoms with E-state index in [2.05, 4.69) is 4.98 Å². The Morgan fingerprint density at radius 2 is 2.31 bits per heavy atom. The quantitative estimate of drug-likeness (QED) is 0.768. The maximum absolute atomic E-state index is 12.0. The molecule has 1 heterocycles. The fourth-order valence-corrected chi connectivity index (χ4v) is 1.62. The zero-order valence-corrected chi connectivity index (χ0v) is 8.92. The minimum atomic E-state index is -0.264. The van der Waals surface area contributed by atoms with Crippen LogP contribution < -0.4 is 11.3 Å². The van der Waals surface area contributed by atoms with Gasteiger partial charge in [0.25, 0.3) is 5.56 Å². The number of rotatable bonds is 2. The van der Waals surface area contributed by atoms with Crippen LogP contribution in [-0.4, -0.2) is 20.7 Å². The lowest BCUT2D eigenvalue weighted by Gasteiger charge is -2.09. The van der Waals surface area contributed by atoms with Crippen molar-refractivity contribution in [2.24, 2.45) is 5.73 Å². The molecular formula is C11H13N3O2. The molecule has 0 aliphatic carbocycles. The molecule has 0 saturated heterocycles. The lowest BCUT2D eigenvalue weighted by molar-refractivity contribution is 0.479. The zero-order valence-electron chi connectivity index (χ0n) is 8.92. The minimum Gasteiger partial charge on any atom is -0.507 e. The first kappa shape index (κ1) is 10.6. The van der Waals surface area contributed by atoms with Gasteiger partial charge in [0.15, 0.2) is 0 Å². The van der Waals surface area contributed by atoms with Crippen LogP contribution in [0.3, 0.4) is 0 Å². The van der Waals surface area contributed by atoms with Gasteiger partial charge in [-0.3, -0.25) is 9.36 Å². The highest BCUT2D eigenvalue weighted by molar-refractivity contribution is 5.83. The Balaban J connectivity index is 2.69. The van der Waals surface area contributed by atoms with E-state index in [0.29, 0.717) is 12.1 Å². The summed E-state index contributed by atoms with van der Waals surface area (Å²) in [5, 5.41) is 9.87. The van der Waals surface area contributed by atoms with Crippen LogP contribution in [0.5, 0.6) is 5.75 Å². The van der Waals surface area contributed by atoms with E-state index in [9.17, 15) is 9.90 Å². The summed E-state index contributed by atoms with van der Waals surface area (Å²) < 4.78 is 1.41. The van der Waals surface area contributed by atoms with Crippen LogP contribution in [0.2, 0.25) is 0 Å². The van der Waals surface area contributed by atoms with E-state index >= 15 is 0 Å². The number of fused-ring (bicyclic) bond motifs is 1. The predicted molar refractivity (Wildman–Crippen MR) is 61.3 cm³/mol. The number of aromatic hydroxyl groups is 1. The van der Waals surface area contributed by atoms with Crippen LogP contribution >= 0.6 is 0 Å². The molecule has 0 amide bonds. The molecule has 5 heteroatoms. The fourth-order valence-electron chi connectivity index (χ4n) is 1.62. The Hall–Kier alpha value is -1.88. The van der Waals surface area contributed by atoms with Crippen molar-refractivity contribution < 1.29 is 5.11 Å². The van der Waals surface area contributed by atoms with Gasteiger partial charge >= 0.3 is 0 Å². The lowest BCUT2D eigenvalue weighted by Crippen LogP contribution is -2.30. The molecule has 0 aliphatic rings.